The van der Waals surface area contributed by atoms with E-state index in [1.165, 1.54) is 44.2 Å². The molecule has 3 nitrogen and oxygen atoms in total. The summed E-state index contributed by atoms with van der Waals surface area (Å²) in [5.74, 6) is 0.887. The zero-order valence-corrected chi connectivity index (χ0v) is 12.0. The summed E-state index contributed by atoms with van der Waals surface area (Å²) in [4.78, 5) is 7.30. The number of aromatic nitrogens is 1. The predicted octanol–water partition coefficient (Wildman–Crippen LogP) is 2.87. The van der Waals surface area contributed by atoms with Crippen LogP contribution >= 0.6 is 12.2 Å². The maximum absolute atomic E-state index is 5.60. The van der Waals surface area contributed by atoms with E-state index in [0.29, 0.717) is 4.99 Å². The fourth-order valence-electron chi connectivity index (χ4n) is 3.65. The van der Waals surface area contributed by atoms with Gasteiger partial charge in [0.25, 0.3) is 0 Å². The Morgan fingerprint density at radius 2 is 2.00 bits per heavy atom. The molecule has 1 aromatic heterocycles. The van der Waals surface area contributed by atoms with Gasteiger partial charge in [0.05, 0.1) is 17.6 Å². The van der Waals surface area contributed by atoms with Gasteiger partial charge in [0, 0.05) is 12.6 Å². The second-order valence-corrected chi connectivity index (χ2v) is 6.15. The van der Waals surface area contributed by atoms with Crippen LogP contribution < -0.4 is 10.6 Å². The van der Waals surface area contributed by atoms with E-state index >= 15 is 0 Å². The number of pyridine rings is 1. The van der Waals surface area contributed by atoms with Gasteiger partial charge in [-0.1, -0.05) is 25.1 Å². The first-order valence-electron chi connectivity index (χ1n) is 7.28. The molecule has 1 aromatic rings. The molecule has 1 atom stereocenters. The number of rotatable bonds is 3. The molecule has 2 aliphatic rings. The number of hydrogen-bond donors (Lipinski definition) is 1. The van der Waals surface area contributed by atoms with Crippen LogP contribution in [0.1, 0.15) is 44.2 Å². The first-order chi connectivity index (χ1) is 9.25. The van der Waals surface area contributed by atoms with Gasteiger partial charge in [-0.25, -0.2) is 0 Å². The largest absolute Gasteiger partial charge is 0.388 e. The molecule has 1 aliphatic heterocycles. The molecule has 2 heterocycles. The third kappa shape index (κ3) is 2.59. The van der Waals surface area contributed by atoms with E-state index in [4.69, 9.17) is 18.0 Å². The van der Waals surface area contributed by atoms with Crippen molar-refractivity contribution in [2.75, 3.05) is 11.4 Å². The maximum atomic E-state index is 5.60. The molecule has 2 N–H and O–H groups in total. The van der Waals surface area contributed by atoms with Gasteiger partial charge >= 0.3 is 0 Å². The molecule has 0 aromatic carbocycles. The van der Waals surface area contributed by atoms with Crippen molar-refractivity contribution in [2.24, 2.45) is 11.7 Å². The lowest BCUT2D eigenvalue weighted by Gasteiger charge is -2.31. The summed E-state index contributed by atoms with van der Waals surface area (Å²) in [5.41, 5.74) is 7.55. The molecule has 19 heavy (non-hydrogen) atoms. The highest BCUT2D eigenvalue weighted by Gasteiger charge is 2.33. The molecule has 102 valence electrons. The van der Waals surface area contributed by atoms with Crippen molar-refractivity contribution < 1.29 is 0 Å². The van der Waals surface area contributed by atoms with Crippen molar-refractivity contribution in [3.63, 3.8) is 0 Å². The fraction of sp³-hybridized carbons (Fsp3) is 0.600. The highest BCUT2D eigenvalue weighted by atomic mass is 32.1. The smallest absolute Gasteiger partial charge is 0.122 e. The lowest BCUT2D eigenvalue weighted by atomic mass is 9.96. The summed E-state index contributed by atoms with van der Waals surface area (Å²) in [7, 11) is 0. The maximum Gasteiger partial charge on any atom is 0.122 e. The Morgan fingerprint density at radius 1 is 1.21 bits per heavy atom. The summed E-state index contributed by atoms with van der Waals surface area (Å²) in [6, 6.07) is 4.79. The van der Waals surface area contributed by atoms with Crippen LogP contribution in [0.5, 0.6) is 0 Å². The lowest BCUT2D eigenvalue weighted by Crippen LogP contribution is -2.34. The normalized spacial score (nSPS) is 24.0. The van der Waals surface area contributed by atoms with Crippen molar-refractivity contribution in [1.82, 2.24) is 4.98 Å². The molecule has 0 radical (unpaired) electrons. The summed E-state index contributed by atoms with van der Waals surface area (Å²) < 4.78 is 0. The van der Waals surface area contributed by atoms with Crippen LogP contribution in [0.3, 0.4) is 0 Å². The van der Waals surface area contributed by atoms with Crippen molar-refractivity contribution in [2.45, 2.75) is 44.6 Å². The third-order valence-corrected chi connectivity index (χ3v) is 4.78. The van der Waals surface area contributed by atoms with Crippen LogP contribution in [0.15, 0.2) is 18.3 Å². The van der Waals surface area contributed by atoms with E-state index in [9.17, 15) is 0 Å². The fourth-order valence-corrected chi connectivity index (χ4v) is 3.77. The van der Waals surface area contributed by atoms with Crippen LogP contribution in [0.4, 0.5) is 5.69 Å². The number of nitrogens with two attached hydrogens (primary N) is 1. The molecular formula is C15H21N3S. The van der Waals surface area contributed by atoms with Crippen LogP contribution in [-0.4, -0.2) is 22.6 Å². The molecule has 4 heteroatoms. The van der Waals surface area contributed by atoms with Crippen LogP contribution in [-0.2, 0) is 0 Å². The van der Waals surface area contributed by atoms with Gasteiger partial charge < -0.3 is 10.6 Å². The number of hydrogen-bond acceptors (Lipinski definition) is 3. The Hall–Kier alpha value is -1.16. The molecule has 0 amide bonds. The van der Waals surface area contributed by atoms with E-state index < -0.39 is 0 Å². The Labute approximate surface area is 120 Å². The van der Waals surface area contributed by atoms with Crippen molar-refractivity contribution in [3.8, 4) is 0 Å². The number of nitrogens with zero attached hydrogens (tertiary/aromatic N) is 2. The Kier molecular flexibility index (Phi) is 3.69. The van der Waals surface area contributed by atoms with Gasteiger partial charge in [-0.2, -0.15) is 0 Å². The first-order valence-corrected chi connectivity index (χ1v) is 7.69. The summed E-state index contributed by atoms with van der Waals surface area (Å²) >= 11 is 4.95. The zero-order valence-electron chi connectivity index (χ0n) is 11.2. The summed E-state index contributed by atoms with van der Waals surface area (Å²) in [6.45, 7) is 1.16. The van der Waals surface area contributed by atoms with Crippen LogP contribution in [0.2, 0.25) is 0 Å². The zero-order chi connectivity index (χ0) is 13.2. The molecule has 1 aliphatic carbocycles. The average molecular weight is 275 g/mol. The molecule has 1 unspecified atom stereocenters. The molecule has 1 saturated carbocycles. The highest BCUT2D eigenvalue weighted by Crippen LogP contribution is 2.37. The van der Waals surface area contributed by atoms with E-state index in [0.717, 1.165) is 24.2 Å². The quantitative estimate of drug-likeness (QED) is 0.861. The third-order valence-electron chi connectivity index (χ3n) is 4.58. The van der Waals surface area contributed by atoms with Crippen LogP contribution in [0, 0.1) is 5.92 Å². The van der Waals surface area contributed by atoms with Gasteiger partial charge in [-0.15, -0.1) is 0 Å². The second kappa shape index (κ2) is 5.45. The van der Waals surface area contributed by atoms with Crippen molar-refractivity contribution in [3.05, 3.63) is 24.0 Å². The Balaban J connectivity index is 1.78. The van der Waals surface area contributed by atoms with Gasteiger partial charge in [0.1, 0.15) is 4.99 Å². The molecule has 1 saturated heterocycles. The molecule has 0 bridgehead atoms. The van der Waals surface area contributed by atoms with Crippen molar-refractivity contribution in [1.29, 1.82) is 0 Å². The summed E-state index contributed by atoms with van der Waals surface area (Å²) in [5, 5.41) is 0. The van der Waals surface area contributed by atoms with Gasteiger partial charge in [0.15, 0.2) is 0 Å². The molecular weight excluding hydrogens is 254 g/mol. The number of thiocarbonyl (C=S) groups is 1. The van der Waals surface area contributed by atoms with Gasteiger partial charge in [-0.05, 0) is 43.7 Å². The molecule has 0 spiro atoms. The highest BCUT2D eigenvalue weighted by molar-refractivity contribution is 7.80. The monoisotopic (exact) mass is 275 g/mol. The van der Waals surface area contributed by atoms with Crippen molar-refractivity contribution >= 4 is 22.9 Å². The average Bonchev–Trinajstić information content (AvgIpc) is 3.09. The van der Waals surface area contributed by atoms with E-state index in [-0.39, 0.29) is 0 Å². The van der Waals surface area contributed by atoms with Crippen LogP contribution in [0.25, 0.3) is 0 Å². The summed E-state index contributed by atoms with van der Waals surface area (Å²) in [6.07, 6.45) is 10.2. The van der Waals surface area contributed by atoms with E-state index in [1.54, 1.807) is 0 Å². The van der Waals surface area contributed by atoms with Gasteiger partial charge in [-0.3, -0.25) is 4.98 Å². The predicted molar refractivity (Wildman–Crippen MR) is 82.5 cm³/mol. The van der Waals surface area contributed by atoms with E-state index in [2.05, 4.69) is 16.0 Å². The topological polar surface area (TPSA) is 42.1 Å². The Morgan fingerprint density at radius 3 is 2.63 bits per heavy atom. The first kappa shape index (κ1) is 12.9. The molecule has 3 rings (SSSR count). The lowest BCUT2D eigenvalue weighted by molar-refractivity contribution is 0.430. The minimum absolute atomic E-state index is 0.375. The minimum Gasteiger partial charge on any atom is -0.388 e. The standard InChI is InChI=1S/C15H21N3S/c16-15(19)13-8-7-12(10-17-13)18-9-3-6-14(18)11-4-1-2-5-11/h7-8,10-11,14H,1-6,9H2,(H2,16,19). The minimum atomic E-state index is 0.375. The SMILES string of the molecule is NC(=S)c1ccc(N2CCCC2C2CCCC2)cn1. The number of anilines is 1. The molecule has 2 fully saturated rings. The second-order valence-electron chi connectivity index (χ2n) is 5.71. The Bertz CT molecular complexity index is 451. The van der Waals surface area contributed by atoms with E-state index in [1.807, 2.05) is 12.3 Å². The van der Waals surface area contributed by atoms with Gasteiger partial charge in [0.2, 0.25) is 0 Å².